The van der Waals surface area contributed by atoms with E-state index in [0.29, 0.717) is 5.92 Å². The zero-order valence-electron chi connectivity index (χ0n) is 8.74. The molecular weight excluding hydrogens is 164 g/mol. The summed E-state index contributed by atoms with van der Waals surface area (Å²) in [6.45, 7) is 4.38. The van der Waals surface area contributed by atoms with Crippen molar-refractivity contribution in [2.45, 2.75) is 45.6 Å². The summed E-state index contributed by atoms with van der Waals surface area (Å²) in [7, 11) is 0. The molecule has 2 N–H and O–H groups in total. The zero-order chi connectivity index (χ0) is 10.1. The Morgan fingerprint density at radius 1 is 1.31 bits per heavy atom. The molecule has 2 nitrogen and oxygen atoms in total. The van der Waals surface area contributed by atoms with Gasteiger partial charge < -0.3 is 10.2 Å². The Kier molecular flexibility index (Phi) is 8.05. The second kappa shape index (κ2) is 8.27. The Bertz CT molecular complexity index is 132. The van der Waals surface area contributed by atoms with Gasteiger partial charge in [-0.1, -0.05) is 32.4 Å². The molecule has 0 aliphatic heterocycles. The molecule has 2 atom stereocenters. The van der Waals surface area contributed by atoms with Crippen molar-refractivity contribution in [3.05, 3.63) is 12.2 Å². The van der Waals surface area contributed by atoms with Gasteiger partial charge in [0.25, 0.3) is 0 Å². The first kappa shape index (κ1) is 12.7. The Balaban J connectivity index is 3.49. The summed E-state index contributed by atoms with van der Waals surface area (Å²) >= 11 is 0. The van der Waals surface area contributed by atoms with Gasteiger partial charge in [-0.2, -0.15) is 0 Å². The third-order valence-corrected chi connectivity index (χ3v) is 2.08. The molecule has 0 bridgehead atoms. The van der Waals surface area contributed by atoms with Gasteiger partial charge in [-0.15, -0.1) is 0 Å². The standard InChI is InChI=1S/C11H22O2/c1-3-5-11(13)7-4-6-10(2)8-9-12/h4,6,10-13H,3,5,7-9H2,1-2H3/b6-4-/t10-,11-/m0/s1. The SMILES string of the molecule is CCC[C@H](O)C/C=C\[C@H](C)CCO. The van der Waals surface area contributed by atoms with Crippen molar-refractivity contribution in [3.8, 4) is 0 Å². The molecule has 0 aliphatic rings. The van der Waals surface area contributed by atoms with Crippen LogP contribution in [0.25, 0.3) is 0 Å². The lowest BCUT2D eigenvalue weighted by atomic mass is 10.1. The number of hydrogen-bond acceptors (Lipinski definition) is 2. The van der Waals surface area contributed by atoms with E-state index >= 15 is 0 Å². The van der Waals surface area contributed by atoms with Crippen molar-refractivity contribution in [2.75, 3.05) is 6.61 Å². The summed E-state index contributed by atoms with van der Waals surface area (Å²) in [6, 6.07) is 0. The van der Waals surface area contributed by atoms with Crippen molar-refractivity contribution in [1.82, 2.24) is 0 Å². The first-order valence-corrected chi connectivity index (χ1v) is 5.16. The molecule has 13 heavy (non-hydrogen) atoms. The van der Waals surface area contributed by atoms with Gasteiger partial charge in [0, 0.05) is 6.61 Å². The molecule has 0 spiro atoms. The summed E-state index contributed by atoms with van der Waals surface area (Å²) in [4.78, 5) is 0. The van der Waals surface area contributed by atoms with E-state index in [9.17, 15) is 5.11 Å². The molecule has 0 saturated carbocycles. The van der Waals surface area contributed by atoms with Crippen LogP contribution in [0, 0.1) is 5.92 Å². The van der Waals surface area contributed by atoms with Crippen molar-refractivity contribution in [3.63, 3.8) is 0 Å². The maximum Gasteiger partial charge on any atom is 0.0574 e. The fraction of sp³-hybridized carbons (Fsp3) is 0.818. The van der Waals surface area contributed by atoms with Gasteiger partial charge in [-0.25, -0.2) is 0 Å². The first-order chi connectivity index (χ1) is 6.20. The van der Waals surface area contributed by atoms with Crippen LogP contribution in [0.4, 0.5) is 0 Å². The number of rotatable bonds is 7. The predicted molar refractivity (Wildman–Crippen MR) is 55.5 cm³/mol. The molecule has 0 amide bonds. The van der Waals surface area contributed by atoms with Crippen LogP contribution in [-0.2, 0) is 0 Å². The van der Waals surface area contributed by atoms with Crippen LogP contribution in [0.3, 0.4) is 0 Å². The van der Waals surface area contributed by atoms with Crippen molar-refractivity contribution in [2.24, 2.45) is 5.92 Å². The molecule has 78 valence electrons. The normalized spacial score (nSPS) is 16.3. The van der Waals surface area contributed by atoms with E-state index in [1.165, 1.54) is 0 Å². The highest BCUT2D eigenvalue weighted by atomic mass is 16.3. The minimum Gasteiger partial charge on any atom is -0.396 e. The third-order valence-electron chi connectivity index (χ3n) is 2.08. The molecule has 0 fully saturated rings. The van der Waals surface area contributed by atoms with Crippen LogP contribution < -0.4 is 0 Å². The van der Waals surface area contributed by atoms with Crippen LogP contribution in [-0.4, -0.2) is 22.9 Å². The van der Waals surface area contributed by atoms with Gasteiger partial charge in [0.05, 0.1) is 6.10 Å². The number of hydrogen-bond donors (Lipinski definition) is 2. The van der Waals surface area contributed by atoms with E-state index < -0.39 is 0 Å². The number of allylic oxidation sites excluding steroid dienone is 1. The molecule has 0 saturated heterocycles. The lowest BCUT2D eigenvalue weighted by Gasteiger charge is -2.06. The molecular formula is C11H22O2. The van der Waals surface area contributed by atoms with E-state index in [4.69, 9.17) is 5.11 Å². The van der Waals surface area contributed by atoms with Gasteiger partial charge in [0.15, 0.2) is 0 Å². The van der Waals surface area contributed by atoms with Crippen LogP contribution in [0.15, 0.2) is 12.2 Å². The van der Waals surface area contributed by atoms with Gasteiger partial charge in [-0.05, 0) is 25.2 Å². The number of aliphatic hydroxyl groups is 2. The molecule has 0 radical (unpaired) electrons. The topological polar surface area (TPSA) is 40.5 Å². The maximum absolute atomic E-state index is 9.39. The highest BCUT2D eigenvalue weighted by Gasteiger charge is 1.99. The van der Waals surface area contributed by atoms with Crippen LogP contribution >= 0.6 is 0 Å². The van der Waals surface area contributed by atoms with E-state index in [2.05, 4.69) is 19.9 Å². The van der Waals surface area contributed by atoms with Gasteiger partial charge in [-0.3, -0.25) is 0 Å². The van der Waals surface area contributed by atoms with Crippen molar-refractivity contribution >= 4 is 0 Å². The minimum absolute atomic E-state index is 0.192. The summed E-state index contributed by atoms with van der Waals surface area (Å²) in [5.74, 6) is 0.416. The average Bonchev–Trinajstić information content (AvgIpc) is 2.05. The molecule has 0 heterocycles. The summed E-state index contributed by atoms with van der Waals surface area (Å²) in [5.41, 5.74) is 0. The molecule has 0 aliphatic carbocycles. The first-order valence-electron chi connectivity index (χ1n) is 5.16. The van der Waals surface area contributed by atoms with Crippen LogP contribution in [0.2, 0.25) is 0 Å². The molecule has 0 unspecified atom stereocenters. The Hall–Kier alpha value is -0.340. The van der Waals surface area contributed by atoms with Gasteiger partial charge >= 0.3 is 0 Å². The van der Waals surface area contributed by atoms with Crippen LogP contribution in [0.1, 0.15) is 39.5 Å². The van der Waals surface area contributed by atoms with E-state index in [1.807, 2.05) is 6.08 Å². The van der Waals surface area contributed by atoms with Crippen molar-refractivity contribution < 1.29 is 10.2 Å². The van der Waals surface area contributed by atoms with E-state index in [-0.39, 0.29) is 12.7 Å². The lowest BCUT2D eigenvalue weighted by molar-refractivity contribution is 0.166. The Labute approximate surface area is 81.3 Å². The second-order valence-corrected chi connectivity index (χ2v) is 3.60. The quantitative estimate of drug-likeness (QED) is 0.598. The Morgan fingerprint density at radius 3 is 2.54 bits per heavy atom. The molecule has 0 rings (SSSR count). The molecule has 2 heteroatoms. The largest absolute Gasteiger partial charge is 0.396 e. The fourth-order valence-electron chi connectivity index (χ4n) is 1.22. The predicted octanol–water partition coefficient (Wildman–Crippen LogP) is 2.11. The molecule has 0 aromatic carbocycles. The third kappa shape index (κ3) is 8.00. The van der Waals surface area contributed by atoms with E-state index in [0.717, 1.165) is 25.7 Å². The smallest absolute Gasteiger partial charge is 0.0574 e. The lowest BCUT2D eigenvalue weighted by Crippen LogP contribution is -2.03. The average molecular weight is 186 g/mol. The van der Waals surface area contributed by atoms with Crippen molar-refractivity contribution in [1.29, 1.82) is 0 Å². The minimum atomic E-state index is -0.192. The molecule has 0 aromatic rings. The summed E-state index contributed by atoms with van der Waals surface area (Å²) < 4.78 is 0. The highest BCUT2D eigenvalue weighted by Crippen LogP contribution is 2.06. The van der Waals surface area contributed by atoms with Crippen LogP contribution in [0.5, 0.6) is 0 Å². The van der Waals surface area contributed by atoms with E-state index in [1.54, 1.807) is 0 Å². The van der Waals surface area contributed by atoms with Gasteiger partial charge in [0.1, 0.15) is 0 Å². The summed E-state index contributed by atoms with van der Waals surface area (Å²) in [5, 5.41) is 18.0. The molecule has 0 aromatic heterocycles. The Morgan fingerprint density at radius 2 is 2.00 bits per heavy atom. The second-order valence-electron chi connectivity index (χ2n) is 3.60. The number of aliphatic hydroxyl groups excluding tert-OH is 2. The monoisotopic (exact) mass is 186 g/mol. The summed E-state index contributed by atoms with van der Waals surface area (Å²) in [6.07, 6.45) is 7.34. The fourth-order valence-corrected chi connectivity index (χ4v) is 1.22. The highest BCUT2D eigenvalue weighted by molar-refractivity contribution is 4.87. The zero-order valence-corrected chi connectivity index (χ0v) is 8.74. The maximum atomic E-state index is 9.39. The van der Waals surface area contributed by atoms with Gasteiger partial charge in [0.2, 0.25) is 0 Å².